The van der Waals surface area contributed by atoms with Crippen molar-refractivity contribution in [1.82, 2.24) is 19.5 Å². The zero-order chi connectivity index (χ0) is 14.4. The number of nitrogens with one attached hydrogen (secondary N) is 2. The Labute approximate surface area is 110 Å². The smallest absolute Gasteiger partial charge is 0.329 e. The zero-order valence-electron chi connectivity index (χ0n) is 12.0. The number of hydrogen-bond donors (Lipinski definition) is 2. The van der Waals surface area contributed by atoms with Crippen molar-refractivity contribution < 1.29 is 0 Å². The van der Waals surface area contributed by atoms with Crippen molar-refractivity contribution in [1.29, 1.82) is 0 Å². The van der Waals surface area contributed by atoms with Crippen LogP contribution in [0.5, 0.6) is 0 Å². The largest absolute Gasteiger partial charge is 0.336 e. The molecule has 0 radical (unpaired) electrons. The van der Waals surface area contributed by atoms with E-state index in [1.165, 1.54) is 4.57 Å². The number of hydrogen-bond acceptors (Lipinski definition) is 3. The van der Waals surface area contributed by atoms with Crippen molar-refractivity contribution in [2.24, 2.45) is 18.4 Å². The number of aromatic nitrogens is 4. The van der Waals surface area contributed by atoms with Crippen molar-refractivity contribution in [3.05, 3.63) is 26.7 Å². The molecule has 2 rings (SSSR count). The highest BCUT2D eigenvalue weighted by Gasteiger charge is 2.22. The molecular weight excluding hydrogens is 244 g/mol. The zero-order valence-corrected chi connectivity index (χ0v) is 12.0. The van der Waals surface area contributed by atoms with Crippen LogP contribution >= 0.6 is 0 Å². The van der Waals surface area contributed by atoms with E-state index in [0.29, 0.717) is 17.1 Å². The Morgan fingerprint density at radius 2 is 1.89 bits per heavy atom. The van der Waals surface area contributed by atoms with Crippen molar-refractivity contribution >= 4 is 11.2 Å². The van der Waals surface area contributed by atoms with Crippen LogP contribution in [0.1, 0.15) is 33.5 Å². The molecular formula is C13H20N4O2. The summed E-state index contributed by atoms with van der Waals surface area (Å²) < 4.78 is 1.35. The lowest BCUT2D eigenvalue weighted by Gasteiger charge is -2.26. The number of aromatic amines is 2. The average Bonchev–Trinajstić information content (AvgIpc) is 2.69. The van der Waals surface area contributed by atoms with Crippen LogP contribution in [0.3, 0.4) is 0 Å². The summed E-state index contributed by atoms with van der Waals surface area (Å²) in [7, 11) is 1.60. The fourth-order valence-corrected chi connectivity index (χ4v) is 1.85. The minimum Gasteiger partial charge on any atom is -0.336 e. The van der Waals surface area contributed by atoms with Gasteiger partial charge in [0.15, 0.2) is 5.65 Å². The summed E-state index contributed by atoms with van der Waals surface area (Å²) in [4.78, 5) is 32.9. The molecule has 0 bridgehead atoms. The topological polar surface area (TPSA) is 83.5 Å². The summed E-state index contributed by atoms with van der Waals surface area (Å²) in [6.07, 6.45) is 0.742. The number of rotatable bonds is 2. The summed E-state index contributed by atoms with van der Waals surface area (Å²) in [5, 5.41) is 0. The quantitative estimate of drug-likeness (QED) is 0.854. The van der Waals surface area contributed by atoms with Crippen LogP contribution in [-0.2, 0) is 13.5 Å². The summed E-state index contributed by atoms with van der Waals surface area (Å²) in [6, 6.07) is 0. The highest BCUT2D eigenvalue weighted by molar-refractivity contribution is 5.69. The maximum absolute atomic E-state index is 11.7. The SMILES string of the molecule is CC(Cc1nc2c([nH]1)c(=O)[nH]c(=O)n2C)C(C)(C)C. The first-order valence-corrected chi connectivity index (χ1v) is 6.38. The number of imidazole rings is 1. The lowest BCUT2D eigenvalue weighted by Crippen LogP contribution is -2.28. The maximum Gasteiger partial charge on any atom is 0.329 e. The lowest BCUT2D eigenvalue weighted by atomic mass is 9.80. The Kier molecular flexibility index (Phi) is 3.12. The van der Waals surface area contributed by atoms with E-state index in [1.807, 2.05) is 0 Å². The van der Waals surface area contributed by atoms with Crippen molar-refractivity contribution in [3.8, 4) is 0 Å². The highest BCUT2D eigenvalue weighted by Crippen LogP contribution is 2.27. The number of aryl methyl sites for hydroxylation is 1. The van der Waals surface area contributed by atoms with Gasteiger partial charge in [-0.2, -0.15) is 0 Å². The summed E-state index contributed by atoms with van der Waals surface area (Å²) in [5.41, 5.74) is 0.0693. The first-order chi connectivity index (χ1) is 8.70. The molecule has 104 valence electrons. The fourth-order valence-electron chi connectivity index (χ4n) is 1.85. The van der Waals surface area contributed by atoms with E-state index < -0.39 is 11.2 Å². The third kappa shape index (κ3) is 2.47. The third-order valence-corrected chi connectivity index (χ3v) is 3.78. The van der Waals surface area contributed by atoms with Gasteiger partial charge in [-0.25, -0.2) is 9.78 Å². The molecule has 0 fully saturated rings. The first-order valence-electron chi connectivity index (χ1n) is 6.38. The number of nitrogens with zero attached hydrogens (tertiary/aromatic N) is 2. The molecule has 2 heterocycles. The standard InChI is InChI=1S/C13H20N4O2/c1-7(13(2,3)4)6-8-14-9-10(15-8)17(5)12(19)16-11(9)18/h7H,6H2,1-5H3,(H,14,15)(H,16,18,19). The van der Waals surface area contributed by atoms with Gasteiger partial charge in [0, 0.05) is 13.5 Å². The van der Waals surface area contributed by atoms with E-state index in [9.17, 15) is 9.59 Å². The van der Waals surface area contributed by atoms with Crippen molar-refractivity contribution in [2.75, 3.05) is 0 Å². The highest BCUT2D eigenvalue weighted by atomic mass is 16.2. The van der Waals surface area contributed by atoms with Gasteiger partial charge in [-0.15, -0.1) is 0 Å². The van der Waals surface area contributed by atoms with Crippen LogP contribution in [0.4, 0.5) is 0 Å². The summed E-state index contributed by atoms with van der Waals surface area (Å²) in [6.45, 7) is 8.66. The van der Waals surface area contributed by atoms with Gasteiger partial charge in [-0.1, -0.05) is 27.7 Å². The van der Waals surface area contributed by atoms with Crippen LogP contribution in [0.2, 0.25) is 0 Å². The number of fused-ring (bicyclic) bond motifs is 1. The molecule has 1 atom stereocenters. The van der Waals surface area contributed by atoms with Crippen LogP contribution in [-0.4, -0.2) is 19.5 Å². The van der Waals surface area contributed by atoms with E-state index >= 15 is 0 Å². The predicted molar refractivity (Wildman–Crippen MR) is 74.3 cm³/mol. The minimum absolute atomic E-state index is 0.164. The predicted octanol–water partition coefficient (Wildman–Crippen LogP) is 1.17. The molecule has 1 unspecified atom stereocenters. The van der Waals surface area contributed by atoms with Gasteiger partial charge in [0.05, 0.1) is 0 Å². The van der Waals surface area contributed by atoms with E-state index in [-0.39, 0.29) is 5.41 Å². The Balaban J connectivity index is 2.49. The molecule has 2 aromatic heterocycles. The Morgan fingerprint density at radius 3 is 2.47 bits per heavy atom. The van der Waals surface area contributed by atoms with Crippen molar-refractivity contribution in [2.45, 2.75) is 34.1 Å². The minimum atomic E-state index is -0.445. The molecule has 2 aromatic rings. The van der Waals surface area contributed by atoms with Crippen LogP contribution in [0.25, 0.3) is 11.2 Å². The Morgan fingerprint density at radius 1 is 1.26 bits per heavy atom. The van der Waals surface area contributed by atoms with Gasteiger partial charge in [-0.3, -0.25) is 14.3 Å². The molecule has 19 heavy (non-hydrogen) atoms. The molecule has 0 aliphatic carbocycles. The first kappa shape index (κ1) is 13.6. The number of H-pyrrole nitrogens is 2. The summed E-state index contributed by atoms with van der Waals surface area (Å²) >= 11 is 0. The second-order valence-electron chi connectivity index (χ2n) is 6.17. The molecule has 0 aliphatic heterocycles. The van der Waals surface area contributed by atoms with Crippen LogP contribution in [0.15, 0.2) is 9.59 Å². The Hall–Kier alpha value is -1.85. The molecule has 0 saturated heterocycles. The van der Waals surface area contributed by atoms with E-state index in [2.05, 4.69) is 42.6 Å². The Bertz CT molecular complexity index is 715. The second-order valence-corrected chi connectivity index (χ2v) is 6.17. The van der Waals surface area contributed by atoms with Gasteiger partial charge in [0.1, 0.15) is 11.3 Å². The third-order valence-electron chi connectivity index (χ3n) is 3.78. The molecule has 6 heteroatoms. The second kappa shape index (κ2) is 4.36. The molecule has 0 aromatic carbocycles. The molecule has 0 spiro atoms. The van der Waals surface area contributed by atoms with Gasteiger partial charge in [0.2, 0.25) is 0 Å². The van der Waals surface area contributed by atoms with E-state index in [4.69, 9.17) is 0 Å². The monoisotopic (exact) mass is 264 g/mol. The van der Waals surface area contributed by atoms with Crippen molar-refractivity contribution in [3.63, 3.8) is 0 Å². The molecule has 0 amide bonds. The van der Waals surface area contributed by atoms with E-state index in [0.717, 1.165) is 12.2 Å². The van der Waals surface area contributed by atoms with Gasteiger partial charge in [0.25, 0.3) is 5.56 Å². The molecule has 2 N–H and O–H groups in total. The molecule has 6 nitrogen and oxygen atoms in total. The fraction of sp³-hybridized carbons (Fsp3) is 0.615. The molecule has 0 aliphatic rings. The van der Waals surface area contributed by atoms with Gasteiger partial charge >= 0.3 is 5.69 Å². The van der Waals surface area contributed by atoms with Crippen LogP contribution in [0, 0.1) is 11.3 Å². The van der Waals surface area contributed by atoms with Gasteiger partial charge in [-0.05, 0) is 11.3 Å². The van der Waals surface area contributed by atoms with Crippen LogP contribution < -0.4 is 11.2 Å². The van der Waals surface area contributed by atoms with E-state index in [1.54, 1.807) is 7.05 Å². The summed E-state index contributed by atoms with van der Waals surface area (Å²) in [5.74, 6) is 1.15. The van der Waals surface area contributed by atoms with Gasteiger partial charge < -0.3 is 4.98 Å². The average molecular weight is 264 g/mol. The lowest BCUT2D eigenvalue weighted by molar-refractivity contribution is 0.257. The molecule has 0 saturated carbocycles. The maximum atomic E-state index is 11.7. The normalized spacial score (nSPS) is 13.9.